The minimum Gasteiger partial charge on any atom is -0.495 e. The highest BCUT2D eigenvalue weighted by atomic mass is 16.5. The summed E-state index contributed by atoms with van der Waals surface area (Å²) in [6.07, 6.45) is -1.03. The smallest absolute Gasteiger partial charge is 0.326 e. The molecule has 0 bridgehead atoms. The Morgan fingerprint density at radius 1 is 1.04 bits per heavy atom. The molecule has 0 heterocycles. The van der Waals surface area contributed by atoms with Crippen molar-refractivity contribution in [1.29, 1.82) is 0 Å². The fraction of sp³-hybridized carbons (Fsp3) is 0.286. The van der Waals surface area contributed by atoms with Crippen molar-refractivity contribution in [3.05, 3.63) is 59.2 Å². The second-order valence-electron chi connectivity index (χ2n) is 6.30. The van der Waals surface area contributed by atoms with Crippen LogP contribution in [0.15, 0.2) is 42.5 Å². The molecule has 2 rings (SSSR count). The molecule has 7 nitrogen and oxygen atoms in total. The molecule has 148 valence electrons. The third kappa shape index (κ3) is 5.57. The summed E-state index contributed by atoms with van der Waals surface area (Å²) in [6, 6.07) is 12.2. The van der Waals surface area contributed by atoms with E-state index in [9.17, 15) is 14.4 Å². The van der Waals surface area contributed by atoms with E-state index in [2.05, 4.69) is 10.6 Å². The molecule has 0 saturated heterocycles. The molecule has 1 atom stereocenters. The zero-order valence-corrected chi connectivity index (χ0v) is 16.4. The molecule has 2 aromatic rings. The van der Waals surface area contributed by atoms with Crippen LogP contribution in [0.3, 0.4) is 0 Å². The Kier molecular flexibility index (Phi) is 7.14. The summed E-state index contributed by atoms with van der Waals surface area (Å²) in [5, 5.41) is 5.13. The number of amides is 2. The van der Waals surface area contributed by atoms with E-state index in [-0.39, 0.29) is 12.5 Å². The fourth-order valence-electron chi connectivity index (χ4n) is 2.41. The van der Waals surface area contributed by atoms with Gasteiger partial charge in [0.2, 0.25) is 0 Å². The number of carbonyl (C=O) groups is 3. The average Bonchev–Trinajstić information content (AvgIpc) is 2.68. The summed E-state index contributed by atoms with van der Waals surface area (Å²) in [7, 11) is 1.49. The first-order valence-electron chi connectivity index (χ1n) is 8.80. The van der Waals surface area contributed by atoms with E-state index in [1.807, 2.05) is 19.9 Å². The Labute approximate surface area is 164 Å². The van der Waals surface area contributed by atoms with Gasteiger partial charge in [0.05, 0.1) is 12.8 Å². The van der Waals surface area contributed by atoms with Crippen LogP contribution in [-0.2, 0) is 14.3 Å². The quantitative estimate of drug-likeness (QED) is 0.716. The molecule has 0 spiro atoms. The van der Waals surface area contributed by atoms with Gasteiger partial charge in [-0.15, -0.1) is 0 Å². The minimum absolute atomic E-state index is 0.335. The molecule has 2 amide bonds. The van der Waals surface area contributed by atoms with Crippen LogP contribution < -0.4 is 15.4 Å². The zero-order chi connectivity index (χ0) is 20.7. The van der Waals surface area contributed by atoms with Crippen molar-refractivity contribution in [2.24, 2.45) is 0 Å². The van der Waals surface area contributed by atoms with Crippen molar-refractivity contribution in [3.8, 4) is 5.75 Å². The summed E-state index contributed by atoms with van der Waals surface area (Å²) in [5.41, 5.74) is 2.99. The molecule has 2 N–H and O–H groups in total. The predicted octanol–water partition coefficient (Wildman–Crippen LogP) is 2.61. The first kappa shape index (κ1) is 21.0. The van der Waals surface area contributed by atoms with Gasteiger partial charge in [-0.25, -0.2) is 0 Å². The van der Waals surface area contributed by atoms with E-state index in [1.54, 1.807) is 36.4 Å². The van der Waals surface area contributed by atoms with Gasteiger partial charge in [0, 0.05) is 5.56 Å². The third-order valence-electron chi connectivity index (χ3n) is 4.20. The second-order valence-corrected chi connectivity index (χ2v) is 6.30. The van der Waals surface area contributed by atoms with Crippen LogP contribution in [0.25, 0.3) is 0 Å². The minimum atomic E-state index is -1.03. The Bertz CT molecular complexity index is 879. The topological polar surface area (TPSA) is 93.7 Å². The summed E-state index contributed by atoms with van der Waals surface area (Å²) in [6.45, 7) is 4.97. The lowest BCUT2D eigenvalue weighted by atomic mass is 10.1. The van der Waals surface area contributed by atoms with Gasteiger partial charge < -0.3 is 20.1 Å². The molecule has 0 saturated carbocycles. The maximum absolute atomic E-state index is 12.2. The number of benzene rings is 2. The first-order chi connectivity index (χ1) is 13.3. The van der Waals surface area contributed by atoms with E-state index in [1.165, 1.54) is 14.0 Å². The second kappa shape index (κ2) is 9.55. The molecule has 0 aliphatic carbocycles. The standard InChI is InChI=1S/C21H24N2O5/c1-13-9-10-16(11-14(13)2)21(26)22-12-19(24)28-15(3)20(25)23-17-7-5-6-8-18(17)27-4/h5-11,15H,12H2,1-4H3,(H,22,26)(H,23,25)/t15-/m0/s1. The van der Waals surface area contributed by atoms with Crippen molar-refractivity contribution >= 4 is 23.5 Å². The van der Waals surface area contributed by atoms with E-state index in [0.717, 1.165) is 11.1 Å². The van der Waals surface area contributed by atoms with E-state index in [4.69, 9.17) is 9.47 Å². The number of nitrogens with one attached hydrogen (secondary N) is 2. The molecule has 0 aromatic heterocycles. The monoisotopic (exact) mass is 384 g/mol. The Hall–Kier alpha value is -3.35. The number of rotatable bonds is 7. The van der Waals surface area contributed by atoms with Gasteiger partial charge in [0.1, 0.15) is 12.3 Å². The first-order valence-corrected chi connectivity index (χ1v) is 8.80. The number of methoxy groups -OCH3 is 1. The SMILES string of the molecule is COc1ccccc1NC(=O)[C@H](C)OC(=O)CNC(=O)c1ccc(C)c(C)c1. The van der Waals surface area contributed by atoms with Crippen molar-refractivity contribution < 1.29 is 23.9 Å². The van der Waals surface area contributed by atoms with Crippen LogP contribution in [0.2, 0.25) is 0 Å². The van der Waals surface area contributed by atoms with Crippen LogP contribution in [0.1, 0.15) is 28.4 Å². The summed E-state index contributed by atoms with van der Waals surface area (Å²) >= 11 is 0. The predicted molar refractivity (Wildman–Crippen MR) is 105 cm³/mol. The van der Waals surface area contributed by atoms with Crippen LogP contribution in [0.4, 0.5) is 5.69 Å². The number of aryl methyl sites for hydroxylation is 2. The van der Waals surface area contributed by atoms with Crippen molar-refractivity contribution in [1.82, 2.24) is 5.32 Å². The molecule has 0 fully saturated rings. The summed E-state index contributed by atoms with van der Waals surface area (Å²) < 4.78 is 10.2. The molecular weight excluding hydrogens is 360 g/mol. The van der Waals surface area contributed by atoms with Crippen molar-refractivity contribution in [3.63, 3.8) is 0 Å². The van der Waals surface area contributed by atoms with E-state index in [0.29, 0.717) is 17.0 Å². The molecule has 2 aromatic carbocycles. The molecule has 28 heavy (non-hydrogen) atoms. The van der Waals surface area contributed by atoms with E-state index < -0.39 is 18.0 Å². The van der Waals surface area contributed by atoms with Crippen LogP contribution >= 0.6 is 0 Å². The maximum atomic E-state index is 12.2. The number of hydrogen-bond acceptors (Lipinski definition) is 5. The molecule has 0 unspecified atom stereocenters. The maximum Gasteiger partial charge on any atom is 0.326 e. The van der Waals surface area contributed by atoms with Crippen LogP contribution in [-0.4, -0.2) is 37.5 Å². The number of ether oxygens (including phenoxy) is 2. The zero-order valence-electron chi connectivity index (χ0n) is 16.4. The molecular formula is C21H24N2O5. The highest BCUT2D eigenvalue weighted by molar-refractivity contribution is 5.98. The lowest BCUT2D eigenvalue weighted by molar-refractivity contribution is -0.152. The Morgan fingerprint density at radius 3 is 2.43 bits per heavy atom. The number of anilines is 1. The fourth-order valence-corrected chi connectivity index (χ4v) is 2.41. The number of carbonyl (C=O) groups excluding carboxylic acids is 3. The Balaban J connectivity index is 1.85. The lowest BCUT2D eigenvalue weighted by Crippen LogP contribution is -2.35. The van der Waals surface area contributed by atoms with Crippen molar-refractivity contribution in [2.45, 2.75) is 26.9 Å². The van der Waals surface area contributed by atoms with Crippen molar-refractivity contribution in [2.75, 3.05) is 19.0 Å². The summed E-state index contributed by atoms with van der Waals surface area (Å²) in [5.74, 6) is -1.10. The highest BCUT2D eigenvalue weighted by Gasteiger charge is 2.19. The largest absolute Gasteiger partial charge is 0.495 e. The molecule has 0 radical (unpaired) electrons. The van der Waals surface area contributed by atoms with Crippen LogP contribution in [0.5, 0.6) is 5.75 Å². The van der Waals surface area contributed by atoms with Gasteiger partial charge in [0.15, 0.2) is 6.10 Å². The summed E-state index contributed by atoms with van der Waals surface area (Å²) in [4.78, 5) is 36.3. The number of esters is 1. The normalized spacial score (nSPS) is 11.3. The number of para-hydroxylation sites is 2. The van der Waals surface area contributed by atoms with Gasteiger partial charge in [-0.1, -0.05) is 18.2 Å². The molecule has 0 aliphatic rings. The number of hydrogen-bond donors (Lipinski definition) is 2. The Morgan fingerprint density at radius 2 is 1.75 bits per heavy atom. The lowest BCUT2D eigenvalue weighted by Gasteiger charge is -2.15. The van der Waals surface area contributed by atoms with Gasteiger partial charge in [-0.05, 0) is 56.2 Å². The molecule has 0 aliphatic heterocycles. The third-order valence-corrected chi connectivity index (χ3v) is 4.20. The molecule has 7 heteroatoms. The van der Waals surface area contributed by atoms with Gasteiger partial charge in [-0.2, -0.15) is 0 Å². The van der Waals surface area contributed by atoms with Gasteiger partial charge in [0.25, 0.3) is 11.8 Å². The highest BCUT2D eigenvalue weighted by Crippen LogP contribution is 2.23. The van der Waals surface area contributed by atoms with Gasteiger partial charge >= 0.3 is 5.97 Å². The van der Waals surface area contributed by atoms with Crippen LogP contribution in [0, 0.1) is 13.8 Å². The van der Waals surface area contributed by atoms with E-state index >= 15 is 0 Å². The van der Waals surface area contributed by atoms with Gasteiger partial charge in [-0.3, -0.25) is 14.4 Å². The average molecular weight is 384 g/mol.